The summed E-state index contributed by atoms with van der Waals surface area (Å²) >= 11 is 9.33. The fourth-order valence-corrected chi connectivity index (χ4v) is 2.88. The normalized spacial score (nSPS) is 11.1. The Morgan fingerprint density at radius 3 is 2.78 bits per heavy atom. The van der Waals surface area contributed by atoms with E-state index in [4.69, 9.17) is 16.7 Å². The minimum Gasteiger partial charge on any atom is -0.477 e. The molecule has 0 fully saturated rings. The Morgan fingerprint density at radius 1 is 1.44 bits per heavy atom. The molecule has 0 spiro atoms. The second-order valence-electron chi connectivity index (χ2n) is 3.92. The number of aromatic amines is 1. The van der Waals surface area contributed by atoms with Crippen molar-refractivity contribution in [1.82, 2.24) is 4.98 Å². The van der Waals surface area contributed by atoms with Gasteiger partial charge in [0, 0.05) is 21.5 Å². The summed E-state index contributed by atoms with van der Waals surface area (Å²) in [5.74, 6) is -1.01. The molecule has 96 valence electrons. The first-order valence-corrected chi connectivity index (χ1v) is 6.55. The van der Waals surface area contributed by atoms with Gasteiger partial charge in [-0.3, -0.25) is 0 Å². The number of rotatable bonds is 4. The van der Waals surface area contributed by atoms with Gasteiger partial charge < -0.3 is 15.2 Å². The molecule has 0 saturated carbocycles. The van der Waals surface area contributed by atoms with Crippen LogP contribution in [0.25, 0.3) is 10.9 Å². The van der Waals surface area contributed by atoms with Crippen LogP contribution < -0.4 is 0 Å². The Kier molecular flexibility index (Phi) is 3.94. The number of aliphatic hydroxyl groups is 1. The van der Waals surface area contributed by atoms with Crippen LogP contribution in [0.5, 0.6) is 0 Å². The Hall–Kier alpha value is -1.04. The van der Waals surface area contributed by atoms with Crippen LogP contribution in [0.4, 0.5) is 0 Å². The number of benzene rings is 1. The number of aromatic carboxylic acids is 1. The highest BCUT2D eigenvalue weighted by Gasteiger charge is 2.18. The first kappa shape index (κ1) is 13.4. The van der Waals surface area contributed by atoms with Crippen molar-refractivity contribution in [2.45, 2.75) is 12.8 Å². The molecule has 0 saturated heterocycles. The van der Waals surface area contributed by atoms with Gasteiger partial charge in [-0.1, -0.05) is 11.6 Å². The molecule has 2 aromatic rings. The van der Waals surface area contributed by atoms with E-state index in [1.807, 2.05) is 0 Å². The van der Waals surface area contributed by atoms with Gasteiger partial charge in [-0.2, -0.15) is 0 Å². The highest BCUT2D eigenvalue weighted by molar-refractivity contribution is 9.10. The maximum absolute atomic E-state index is 11.2. The lowest BCUT2D eigenvalue weighted by molar-refractivity contribution is 0.0690. The molecule has 18 heavy (non-hydrogen) atoms. The van der Waals surface area contributed by atoms with Gasteiger partial charge in [-0.25, -0.2) is 4.79 Å². The zero-order chi connectivity index (χ0) is 13.3. The topological polar surface area (TPSA) is 73.3 Å². The summed E-state index contributed by atoms with van der Waals surface area (Å²) in [5.41, 5.74) is 1.54. The molecule has 0 unspecified atom stereocenters. The van der Waals surface area contributed by atoms with E-state index >= 15 is 0 Å². The minimum absolute atomic E-state index is 0.0213. The number of fused-ring (bicyclic) bond motifs is 1. The van der Waals surface area contributed by atoms with Crippen molar-refractivity contribution in [2.75, 3.05) is 6.61 Å². The lowest BCUT2D eigenvalue weighted by atomic mass is 10.1. The predicted octanol–water partition coefficient (Wildman–Crippen LogP) is 3.21. The fraction of sp³-hybridized carbons (Fsp3) is 0.250. The average molecular weight is 333 g/mol. The fourth-order valence-electron chi connectivity index (χ4n) is 1.97. The van der Waals surface area contributed by atoms with Gasteiger partial charge in [-0.15, -0.1) is 0 Å². The van der Waals surface area contributed by atoms with E-state index in [1.54, 1.807) is 12.1 Å². The summed E-state index contributed by atoms with van der Waals surface area (Å²) in [5, 5.41) is 19.4. The van der Waals surface area contributed by atoms with Gasteiger partial charge in [-0.05, 0) is 46.5 Å². The average Bonchev–Trinajstić information content (AvgIpc) is 2.65. The number of carboxylic acid groups (broad SMARTS) is 1. The molecule has 0 radical (unpaired) electrons. The van der Waals surface area contributed by atoms with Crippen molar-refractivity contribution in [1.29, 1.82) is 0 Å². The van der Waals surface area contributed by atoms with Crippen LogP contribution in [-0.2, 0) is 6.42 Å². The van der Waals surface area contributed by atoms with Crippen LogP contribution in [0.1, 0.15) is 22.5 Å². The quantitative estimate of drug-likeness (QED) is 0.805. The van der Waals surface area contributed by atoms with Crippen LogP contribution in [-0.4, -0.2) is 27.8 Å². The smallest absolute Gasteiger partial charge is 0.352 e. The van der Waals surface area contributed by atoms with Crippen LogP contribution in [0.3, 0.4) is 0 Å². The molecule has 0 aliphatic heterocycles. The Balaban J connectivity index is 2.68. The third-order valence-electron chi connectivity index (χ3n) is 2.73. The molecule has 1 heterocycles. The molecule has 0 bridgehead atoms. The first-order chi connectivity index (χ1) is 8.54. The number of carboxylic acids is 1. The van der Waals surface area contributed by atoms with E-state index in [1.165, 1.54) is 0 Å². The largest absolute Gasteiger partial charge is 0.477 e. The first-order valence-electron chi connectivity index (χ1n) is 5.38. The molecule has 0 aliphatic rings. The maximum Gasteiger partial charge on any atom is 0.352 e. The van der Waals surface area contributed by atoms with Gasteiger partial charge in [0.2, 0.25) is 0 Å². The van der Waals surface area contributed by atoms with Crippen molar-refractivity contribution in [3.05, 3.63) is 32.9 Å². The zero-order valence-corrected chi connectivity index (χ0v) is 11.7. The molecule has 6 heteroatoms. The number of halogens is 2. The van der Waals surface area contributed by atoms with E-state index in [2.05, 4.69) is 20.9 Å². The predicted molar refractivity (Wildman–Crippen MR) is 73.4 cm³/mol. The number of aryl methyl sites for hydroxylation is 1. The molecule has 0 aliphatic carbocycles. The summed E-state index contributed by atoms with van der Waals surface area (Å²) in [4.78, 5) is 14.1. The molecule has 2 rings (SSSR count). The Labute approximate surface area is 117 Å². The number of carbonyl (C=O) groups is 1. The van der Waals surface area contributed by atoms with Gasteiger partial charge in [0.25, 0.3) is 0 Å². The van der Waals surface area contributed by atoms with E-state index in [9.17, 15) is 9.90 Å². The molecule has 1 aromatic heterocycles. The van der Waals surface area contributed by atoms with Gasteiger partial charge >= 0.3 is 5.97 Å². The summed E-state index contributed by atoms with van der Waals surface area (Å²) < 4.78 is 0.725. The lowest BCUT2D eigenvalue weighted by Gasteiger charge is -2.01. The highest BCUT2D eigenvalue weighted by Crippen LogP contribution is 2.32. The molecule has 3 N–H and O–H groups in total. The number of hydrogen-bond donors (Lipinski definition) is 3. The number of aromatic nitrogens is 1. The third-order valence-corrected chi connectivity index (χ3v) is 3.57. The number of H-pyrrole nitrogens is 1. The van der Waals surface area contributed by atoms with E-state index in [0.717, 1.165) is 9.86 Å². The number of nitrogens with one attached hydrogen (secondary N) is 1. The molecular weight excluding hydrogens is 321 g/mol. The van der Waals surface area contributed by atoms with Crippen molar-refractivity contribution in [3.63, 3.8) is 0 Å². The zero-order valence-electron chi connectivity index (χ0n) is 9.33. The molecule has 1 aromatic carbocycles. The molecular formula is C12H11BrClNO3. The monoisotopic (exact) mass is 331 g/mol. The number of hydrogen-bond acceptors (Lipinski definition) is 2. The highest BCUT2D eigenvalue weighted by atomic mass is 79.9. The van der Waals surface area contributed by atoms with E-state index in [-0.39, 0.29) is 12.3 Å². The van der Waals surface area contributed by atoms with E-state index in [0.29, 0.717) is 28.9 Å². The summed E-state index contributed by atoms with van der Waals surface area (Å²) in [6.07, 6.45) is 1.00. The van der Waals surface area contributed by atoms with Crippen molar-refractivity contribution in [3.8, 4) is 0 Å². The third kappa shape index (κ3) is 2.39. The van der Waals surface area contributed by atoms with Crippen LogP contribution in [0.2, 0.25) is 5.02 Å². The Bertz CT molecular complexity index is 609. The van der Waals surface area contributed by atoms with Gasteiger partial charge in [0.15, 0.2) is 0 Å². The van der Waals surface area contributed by atoms with Gasteiger partial charge in [0.05, 0.1) is 5.52 Å². The second-order valence-corrected chi connectivity index (χ2v) is 5.21. The standard InChI is InChI=1S/C12H11BrClNO3/c13-9-5-6(14)4-8-7(2-1-3-16)11(12(17)18)15-10(8)9/h4-5,15-16H,1-3H2,(H,17,18). The van der Waals surface area contributed by atoms with Crippen molar-refractivity contribution < 1.29 is 15.0 Å². The molecule has 0 amide bonds. The van der Waals surface area contributed by atoms with E-state index < -0.39 is 5.97 Å². The molecule has 4 nitrogen and oxygen atoms in total. The second kappa shape index (κ2) is 5.30. The SMILES string of the molecule is O=C(O)c1[nH]c2c(Br)cc(Cl)cc2c1CCCO. The van der Waals surface area contributed by atoms with Gasteiger partial charge in [0.1, 0.15) is 5.69 Å². The minimum atomic E-state index is -1.01. The molecule has 0 atom stereocenters. The Morgan fingerprint density at radius 2 is 2.17 bits per heavy atom. The summed E-state index contributed by atoms with van der Waals surface area (Å²) in [6, 6.07) is 3.44. The summed E-state index contributed by atoms with van der Waals surface area (Å²) in [7, 11) is 0. The van der Waals surface area contributed by atoms with Crippen molar-refractivity contribution in [2.24, 2.45) is 0 Å². The van der Waals surface area contributed by atoms with Crippen LogP contribution >= 0.6 is 27.5 Å². The van der Waals surface area contributed by atoms with Crippen LogP contribution in [0, 0.1) is 0 Å². The number of aliphatic hydroxyl groups excluding tert-OH is 1. The summed E-state index contributed by atoms with van der Waals surface area (Å²) in [6.45, 7) is 0.0213. The lowest BCUT2D eigenvalue weighted by Crippen LogP contribution is -2.02. The maximum atomic E-state index is 11.2. The van der Waals surface area contributed by atoms with Crippen molar-refractivity contribution >= 4 is 44.4 Å². The van der Waals surface area contributed by atoms with Crippen LogP contribution in [0.15, 0.2) is 16.6 Å².